The number of nitrogens with one attached hydrogen (secondary N) is 3. The van der Waals surface area contributed by atoms with Gasteiger partial charge in [-0.15, -0.1) is 0 Å². The van der Waals surface area contributed by atoms with E-state index in [9.17, 15) is 4.79 Å². The van der Waals surface area contributed by atoms with E-state index < -0.39 is 5.91 Å². The van der Waals surface area contributed by atoms with Gasteiger partial charge in [0, 0.05) is 16.3 Å². The van der Waals surface area contributed by atoms with Gasteiger partial charge in [0.05, 0.1) is 0 Å². The van der Waals surface area contributed by atoms with E-state index in [1.54, 1.807) is 24.3 Å². The molecule has 2 heterocycles. The number of carbonyl (C=O) groups excluding carboxylic acids is 1. The Morgan fingerprint density at radius 2 is 1.77 bits per heavy atom. The van der Waals surface area contributed by atoms with Crippen molar-refractivity contribution in [1.82, 2.24) is 10.6 Å². The van der Waals surface area contributed by atoms with E-state index in [0.29, 0.717) is 16.7 Å². The number of halogens is 1. The van der Waals surface area contributed by atoms with Gasteiger partial charge < -0.3 is 15.1 Å². The number of anilines is 1. The summed E-state index contributed by atoms with van der Waals surface area (Å²) in [6.45, 7) is 2.02. The molecule has 0 bridgehead atoms. The molecular weight excluding hydrogens is 418 g/mol. The molecule has 154 valence electrons. The average Bonchev–Trinajstić information content (AvgIpc) is 3.26. The first-order valence-electron chi connectivity index (χ1n) is 9.88. The number of thiocarbonyl (C=S) groups is 1. The largest absolute Gasteiger partial charge is 0.451 e. The summed E-state index contributed by atoms with van der Waals surface area (Å²) >= 11 is 11.3. The van der Waals surface area contributed by atoms with Crippen LogP contribution in [0.2, 0.25) is 5.02 Å². The van der Waals surface area contributed by atoms with E-state index in [2.05, 4.69) is 22.0 Å². The third-order valence-electron chi connectivity index (χ3n) is 5.17. The number of furan rings is 1. The van der Waals surface area contributed by atoms with Gasteiger partial charge >= 0.3 is 0 Å². The van der Waals surface area contributed by atoms with E-state index >= 15 is 0 Å². The second-order valence-corrected chi connectivity index (χ2v) is 8.04. The van der Waals surface area contributed by atoms with E-state index in [0.717, 1.165) is 37.2 Å². The summed E-state index contributed by atoms with van der Waals surface area (Å²) in [5.74, 6) is 0.857. The molecule has 3 N–H and O–H groups in total. The average molecular weight is 440 g/mol. The highest BCUT2D eigenvalue weighted by atomic mass is 35.5. The van der Waals surface area contributed by atoms with Gasteiger partial charge in [-0.05, 0) is 92.1 Å². The second-order valence-electron chi connectivity index (χ2n) is 7.19. The number of amides is 1. The van der Waals surface area contributed by atoms with Crippen LogP contribution in [-0.4, -0.2) is 24.1 Å². The molecule has 4 rings (SSSR count). The fraction of sp³-hybridized carbons (Fsp3) is 0.217. The summed E-state index contributed by atoms with van der Waals surface area (Å²) in [5, 5.41) is 10.1. The second kappa shape index (κ2) is 9.43. The van der Waals surface area contributed by atoms with E-state index in [-0.39, 0.29) is 10.9 Å². The normalized spacial score (nSPS) is 14.3. The Hall–Kier alpha value is -2.67. The van der Waals surface area contributed by atoms with Gasteiger partial charge in [-0.3, -0.25) is 10.1 Å². The first kappa shape index (κ1) is 20.6. The molecule has 1 aromatic heterocycles. The highest BCUT2D eigenvalue weighted by Gasteiger charge is 2.19. The fourth-order valence-electron chi connectivity index (χ4n) is 3.65. The van der Waals surface area contributed by atoms with Crippen molar-refractivity contribution in [3.63, 3.8) is 0 Å². The van der Waals surface area contributed by atoms with Crippen LogP contribution in [0.1, 0.15) is 34.9 Å². The van der Waals surface area contributed by atoms with E-state index in [1.165, 1.54) is 5.56 Å². The smallest absolute Gasteiger partial charge is 0.293 e. The van der Waals surface area contributed by atoms with E-state index in [1.807, 2.05) is 30.3 Å². The van der Waals surface area contributed by atoms with Gasteiger partial charge in [0.15, 0.2) is 10.9 Å². The van der Waals surface area contributed by atoms with Gasteiger partial charge in [0.25, 0.3) is 5.91 Å². The highest BCUT2D eigenvalue weighted by molar-refractivity contribution is 7.80. The van der Waals surface area contributed by atoms with Crippen LogP contribution in [0.25, 0.3) is 11.3 Å². The van der Waals surface area contributed by atoms with Crippen molar-refractivity contribution in [2.75, 3.05) is 18.4 Å². The van der Waals surface area contributed by atoms with Crippen LogP contribution < -0.4 is 16.0 Å². The summed E-state index contributed by atoms with van der Waals surface area (Å²) < 4.78 is 5.69. The summed E-state index contributed by atoms with van der Waals surface area (Å²) in [4.78, 5) is 12.6. The van der Waals surface area contributed by atoms with Gasteiger partial charge in [0.1, 0.15) is 5.76 Å². The first-order valence-corrected chi connectivity index (χ1v) is 10.7. The van der Waals surface area contributed by atoms with Crippen LogP contribution in [0.15, 0.2) is 65.1 Å². The monoisotopic (exact) mass is 439 g/mol. The Morgan fingerprint density at radius 3 is 2.53 bits per heavy atom. The maximum absolute atomic E-state index is 12.6. The Bertz CT molecular complexity index is 1040. The molecule has 0 atom stereocenters. The lowest BCUT2D eigenvalue weighted by atomic mass is 9.89. The molecule has 0 unspecified atom stereocenters. The van der Waals surface area contributed by atoms with Gasteiger partial charge in [-0.1, -0.05) is 29.8 Å². The van der Waals surface area contributed by atoms with Crippen molar-refractivity contribution in [1.29, 1.82) is 0 Å². The standard InChI is InChI=1S/C23H22ClN3O2S/c24-17-7-5-16(6-8-17)20-9-10-21(29-20)22(28)27-23(30)26-19-4-2-1-3-18(19)15-11-13-25-14-12-15/h1-10,15,25H,11-14H2,(H2,26,27,28,30). The lowest BCUT2D eigenvalue weighted by Gasteiger charge is -2.25. The molecule has 0 saturated carbocycles. The molecule has 7 heteroatoms. The Balaban J connectivity index is 1.41. The molecule has 0 aliphatic carbocycles. The summed E-state index contributed by atoms with van der Waals surface area (Å²) in [6, 6.07) is 18.7. The Labute approximate surface area is 185 Å². The van der Waals surface area contributed by atoms with Crippen molar-refractivity contribution in [2.45, 2.75) is 18.8 Å². The number of hydrogen-bond acceptors (Lipinski definition) is 4. The Kier molecular flexibility index (Phi) is 6.47. The lowest BCUT2D eigenvalue weighted by Crippen LogP contribution is -2.34. The quantitative estimate of drug-likeness (QED) is 0.488. The number of piperidine rings is 1. The highest BCUT2D eigenvalue weighted by Crippen LogP contribution is 2.31. The molecule has 3 aromatic rings. The number of benzene rings is 2. The number of carbonyl (C=O) groups is 1. The van der Waals surface area contributed by atoms with Gasteiger partial charge in [-0.2, -0.15) is 0 Å². The molecule has 1 saturated heterocycles. The fourth-order valence-corrected chi connectivity index (χ4v) is 3.98. The predicted molar refractivity (Wildman–Crippen MR) is 124 cm³/mol. The zero-order chi connectivity index (χ0) is 20.9. The third-order valence-corrected chi connectivity index (χ3v) is 5.63. The van der Waals surface area contributed by atoms with Crippen LogP contribution in [0.3, 0.4) is 0 Å². The van der Waals surface area contributed by atoms with Crippen molar-refractivity contribution >= 4 is 40.5 Å². The molecule has 0 radical (unpaired) electrons. The summed E-state index contributed by atoms with van der Waals surface area (Å²) in [7, 11) is 0. The zero-order valence-electron chi connectivity index (χ0n) is 16.3. The number of hydrogen-bond donors (Lipinski definition) is 3. The zero-order valence-corrected chi connectivity index (χ0v) is 17.9. The van der Waals surface area contributed by atoms with Crippen LogP contribution in [0.4, 0.5) is 5.69 Å². The molecule has 1 aliphatic rings. The molecule has 2 aromatic carbocycles. The first-order chi connectivity index (χ1) is 14.6. The van der Waals surface area contributed by atoms with Crippen LogP contribution in [-0.2, 0) is 0 Å². The topological polar surface area (TPSA) is 66.3 Å². The maximum atomic E-state index is 12.6. The molecule has 1 amide bonds. The summed E-state index contributed by atoms with van der Waals surface area (Å²) in [6.07, 6.45) is 2.16. The minimum Gasteiger partial charge on any atom is -0.451 e. The van der Waals surface area contributed by atoms with Crippen LogP contribution in [0.5, 0.6) is 0 Å². The van der Waals surface area contributed by atoms with E-state index in [4.69, 9.17) is 28.2 Å². The van der Waals surface area contributed by atoms with Gasteiger partial charge in [0.2, 0.25) is 0 Å². The molecule has 30 heavy (non-hydrogen) atoms. The SMILES string of the molecule is O=C(NC(=S)Nc1ccccc1C1CCNCC1)c1ccc(-c2ccc(Cl)cc2)o1. The summed E-state index contributed by atoms with van der Waals surface area (Å²) in [5.41, 5.74) is 2.99. The maximum Gasteiger partial charge on any atom is 0.293 e. The van der Waals surface area contributed by atoms with Crippen molar-refractivity contribution < 1.29 is 9.21 Å². The number of rotatable bonds is 4. The third kappa shape index (κ3) is 4.90. The minimum atomic E-state index is -0.396. The number of para-hydroxylation sites is 1. The van der Waals surface area contributed by atoms with Crippen molar-refractivity contribution in [3.8, 4) is 11.3 Å². The van der Waals surface area contributed by atoms with Crippen molar-refractivity contribution in [2.24, 2.45) is 0 Å². The van der Waals surface area contributed by atoms with Gasteiger partial charge in [-0.25, -0.2) is 0 Å². The lowest BCUT2D eigenvalue weighted by molar-refractivity contribution is 0.0951. The molecular formula is C23H22ClN3O2S. The Morgan fingerprint density at radius 1 is 1.03 bits per heavy atom. The molecule has 0 spiro atoms. The van der Waals surface area contributed by atoms with Crippen LogP contribution >= 0.6 is 23.8 Å². The van der Waals surface area contributed by atoms with Crippen molar-refractivity contribution in [3.05, 3.63) is 77.0 Å². The minimum absolute atomic E-state index is 0.191. The molecule has 1 fully saturated rings. The van der Waals surface area contributed by atoms with Crippen LogP contribution in [0, 0.1) is 0 Å². The predicted octanol–water partition coefficient (Wildman–Crippen LogP) is 5.19. The molecule has 1 aliphatic heterocycles. The molecule has 5 nitrogen and oxygen atoms in total.